The zero-order chi connectivity index (χ0) is 14.4. The molecular formula is C16H19NO3. The maximum Gasteiger partial charge on any atom is 0.326 e. The minimum Gasteiger partial charge on any atom is -0.480 e. The summed E-state index contributed by atoms with van der Waals surface area (Å²) < 4.78 is 0. The summed E-state index contributed by atoms with van der Waals surface area (Å²) in [5.41, 5.74) is 0.904. The summed E-state index contributed by atoms with van der Waals surface area (Å²) in [6.07, 6.45) is 6.76. The quantitative estimate of drug-likeness (QED) is 0.780. The third kappa shape index (κ3) is 4.23. The molecule has 2 N–H and O–H groups in total. The number of amides is 1. The van der Waals surface area contributed by atoms with Crippen molar-refractivity contribution in [1.29, 1.82) is 0 Å². The average Bonchev–Trinajstić information content (AvgIpc) is 2.92. The minimum atomic E-state index is -0.996. The Morgan fingerprint density at radius 1 is 1.30 bits per heavy atom. The Hall–Kier alpha value is -2.10. The van der Waals surface area contributed by atoms with Crippen LogP contribution in [0.1, 0.15) is 24.8 Å². The molecule has 1 amide bonds. The molecule has 0 radical (unpaired) electrons. The van der Waals surface area contributed by atoms with Gasteiger partial charge in [-0.05, 0) is 24.3 Å². The summed E-state index contributed by atoms with van der Waals surface area (Å²) in [5, 5.41) is 11.8. The number of nitrogens with one attached hydrogen (secondary N) is 1. The third-order valence-corrected chi connectivity index (χ3v) is 3.48. The molecule has 0 saturated carbocycles. The Morgan fingerprint density at radius 2 is 2.05 bits per heavy atom. The molecule has 1 aromatic carbocycles. The Kier molecular flexibility index (Phi) is 4.93. The van der Waals surface area contributed by atoms with Gasteiger partial charge in [0.1, 0.15) is 6.04 Å². The number of hydrogen-bond donors (Lipinski definition) is 2. The summed E-state index contributed by atoms with van der Waals surface area (Å²) in [6, 6.07) is 8.46. The molecule has 0 bridgehead atoms. The minimum absolute atomic E-state index is 0.190. The first-order valence-corrected chi connectivity index (χ1v) is 6.88. The van der Waals surface area contributed by atoms with E-state index in [0.29, 0.717) is 12.8 Å². The van der Waals surface area contributed by atoms with Gasteiger partial charge in [-0.2, -0.15) is 0 Å². The Bertz CT molecular complexity index is 496. The van der Waals surface area contributed by atoms with E-state index in [0.717, 1.165) is 18.4 Å². The monoisotopic (exact) mass is 273 g/mol. The normalized spacial score (nSPS) is 18.7. The molecule has 20 heavy (non-hydrogen) atoms. The van der Waals surface area contributed by atoms with Crippen molar-refractivity contribution in [2.24, 2.45) is 5.92 Å². The van der Waals surface area contributed by atoms with Gasteiger partial charge in [-0.15, -0.1) is 0 Å². The van der Waals surface area contributed by atoms with Crippen LogP contribution in [0.4, 0.5) is 0 Å². The van der Waals surface area contributed by atoms with Gasteiger partial charge in [0.2, 0.25) is 5.91 Å². The molecule has 4 nitrogen and oxygen atoms in total. The molecule has 4 heteroatoms. The van der Waals surface area contributed by atoms with Crippen LogP contribution in [-0.2, 0) is 16.0 Å². The summed E-state index contributed by atoms with van der Waals surface area (Å²) in [5.74, 6) is -0.935. The summed E-state index contributed by atoms with van der Waals surface area (Å²) in [7, 11) is 0. The van der Waals surface area contributed by atoms with Gasteiger partial charge in [-0.25, -0.2) is 4.79 Å². The molecule has 0 fully saturated rings. The maximum atomic E-state index is 11.9. The van der Waals surface area contributed by atoms with Crippen LogP contribution in [0.2, 0.25) is 0 Å². The number of hydrogen-bond acceptors (Lipinski definition) is 2. The van der Waals surface area contributed by atoms with Crippen molar-refractivity contribution in [3.63, 3.8) is 0 Å². The maximum absolute atomic E-state index is 11.9. The first-order chi connectivity index (χ1) is 9.65. The average molecular weight is 273 g/mol. The number of benzene rings is 1. The van der Waals surface area contributed by atoms with E-state index in [2.05, 4.69) is 11.4 Å². The van der Waals surface area contributed by atoms with Crippen LogP contribution in [0, 0.1) is 5.92 Å². The number of carbonyl (C=O) groups excluding carboxylic acids is 1. The van der Waals surface area contributed by atoms with Gasteiger partial charge in [0.15, 0.2) is 0 Å². The number of rotatable bonds is 6. The lowest BCUT2D eigenvalue weighted by atomic mass is 10.0. The van der Waals surface area contributed by atoms with Gasteiger partial charge >= 0.3 is 5.97 Å². The van der Waals surface area contributed by atoms with E-state index in [1.807, 2.05) is 36.4 Å². The van der Waals surface area contributed by atoms with Gasteiger partial charge in [0.25, 0.3) is 0 Å². The van der Waals surface area contributed by atoms with Gasteiger partial charge < -0.3 is 10.4 Å². The molecule has 0 saturated heterocycles. The van der Waals surface area contributed by atoms with E-state index in [-0.39, 0.29) is 11.8 Å². The largest absolute Gasteiger partial charge is 0.480 e. The van der Waals surface area contributed by atoms with Crippen LogP contribution in [-0.4, -0.2) is 23.0 Å². The highest BCUT2D eigenvalue weighted by atomic mass is 16.4. The number of carboxylic acids is 1. The standard InChI is InChI=1S/C16H19NO3/c18-15(11-13-8-4-5-9-13)17-14(16(19)20)10-12-6-2-1-3-7-12/h1-4,6-8,13-14H,5,9-11H2,(H,17,18)(H,19,20)/t13?,14-/m0/s1. The molecule has 1 aliphatic carbocycles. The zero-order valence-corrected chi connectivity index (χ0v) is 11.3. The first-order valence-electron chi connectivity index (χ1n) is 6.88. The fourth-order valence-corrected chi connectivity index (χ4v) is 2.41. The second kappa shape index (κ2) is 6.89. The Morgan fingerprint density at radius 3 is 2.65 bits per heavy atom. The van der Waals surface area contributed by atoms with Gasteiger partial charge in [-0.3, -0.25) is 4.79 Å². The molecule has 0 aromatic heterocycles. The van der Waals surface area contributed by atoms with Crippen molar-refractivity contribution in [2.45, 2.75) is 31.7 Å². The molecule has 1 aromatic rings. The zero-order valence-electron chi connectivity index (χ0n) is 11.3. The Labute approximate surface area is 118 Å². The second-order valence-electron chi connectivity index (χ2n) is 5.12. The number of allylic oxidation sites excluding steroid dienone is 2. The van der Waals surface area contributed by atoms with Crippen LogP contribution in [0.25, 0.3) is 0 Å². The molecule has 106 valence electrons. The first kappa shape index (κ1) is 14.3. The van der Waals surface area contributed by atoms with E-state index in [4.69, 9.17) is 0 Å². The molecule has 1 unspecified atom stereocenters. The predicted molar refractivity (Wildman–Crippen MR) is 76.2 cm³/mol. The predicted octanol–water partition coefficient (Wildman–Crippen LogP) is 2.15. The molecule has 0 heterocycles. The highest BCUT2D eigenvalue weighted by Gasteiger charge is 2.22. The number of carbonyl (C=O) groups is 2. The second-order valence-corrected chi connectivity index (χ2v) is 5.12. The van der Waals surface area contributed by atoms with Crippen LogP contribution in [0.5, 0.6) is 0 Å². The Balaban J connectivity index is 1.90. The summed E-state index contributed by atoms with van der Waals surface area (Å²) >= 11 is 0. The highest BCUT2D eigenvalue weighted by Crippen LogP contribution is 2.20. The molecular weight excluding hydrogens is 254 g/mol. The van der Waals surface area contributed by atoms with Gasteiger partial charge in [0, 0.05) is 12.8 Å². The number of aliphatic carboxylic acids is 1. The van der Waals surface area contributed by atoms with Crippen LogP contribution in [0.15, 0.2) is 42.5 Å². The van der Waals surface area contributed by atoms with Gasteiger partial charge in [-0.1, -0.05) is 42.5 Å². The van der Waals surface area contributed by atoms with Crippen molar-refractivity contribution in [3.8, 4) is 0 Å². The lowest BCUT2D eigenvalue weighted by molar-refractivity contribution is -0.141. The fourth-order valence-electron chi connectivity index (χ4n) is 2.41. The van der Waals surface area contributed by atoms with E-state index in [1.165, 1.54) is 0 Å². The topological polar surface area (TPSA) is 66.4 Å². The molecule has 0 spiro atoms. The van der Waals surface area contributed by atoms with E-state index < -0.39 is 12.0 Å². The van der Waals surface area contributed by atoms with Crippen molar-refractivity contribution >= 4 is 11.9 Å². The van der Waals surface area contributed by atoms with Crippen molar-refractivity contribution in [2.75, 3.05) is 0 Å². The lowest BCUT2D eigenvalue weighted by Crippen LogP contribution is -2.42. The van der Waals surface area contributed by atoms with E-state index in [1.54, 1.807) is 0 Å². The van der Waals surface area contributed by atoms with E-state index in [9.17, 15) is 14.7 Å². The molecule has 2 atom stereocenters. The third-order valence-electron chi connectivity index (χ3n) is 3.48. The van der Waals surface area contributed by atoms with Crippen molar-refractivity contribution in [1.82, 2.24) is 5.32 Å². The van der Waals surface area contributed by atoms with Crippen LogP contribution < -0.4 is 5.32 Å². The summed E-state index contributed by atoms with van der Waals surface area (Å²) in [6.45, 7) is 0. The fraction of sp³-hybridized carbons (Fsp3) is 0.375. The summed E-state index contributed by atoms with van der Waals surface area (Å²) in [4.78, 5) is 23.1. The SMILES string of the molecule is O=C(CC1C=CCC1)N[C@@H](Cc1ccccc1)C(=O)O. The van der Waals surface area contributed by atoms with Crippen LogP contribution in [0.3, 0.4) is 0 Å². The van der Waals surface area contributed by atoms with Crippen molar-refractivity contribution in [3.05, 3.63) is 48.0 Å². The molecule has 0 aliphatic heterocycles. The molecule has 1 aliphatic rings. The van der Waals surface area contributed by atoms with Gasteiger partial charge in [0.05, 0.1) is 0 Å². The smallest absolute Gasteiger partial charge is 0.326 e. The van der Waals surface area contributed by atoms with E-state index >= 15 is 0 Å². The lowest BCUT2D eigenvalue weighted by Gasteiger charge is -2.16. The van der Waals surface area contributed by atoms with Crippen LogP contribution >= 0.6 is 0 Å². The van der Waals surface area contributed by atoms with Crippen molar-refractivity contribution < 1.29 is 14.7 Å². The molecule has 2 rings (SSSR count). The number of carboxylic acid groups (broad SMARTS) is 1. The highest BCUT2D eigenvalue weighted by molar-refractivity contribution is 5.84.